The van der Waals surface area contributed by atoms with Crippen LogP contribution in [0.3, 0.4) is 0 Å². The highest BCUT2D eigenvalue weighted by molar-refractivity contribution is 5.87. The SMILES string of the molecule is CCOC(=O)N[C@@H](Cc1ccccc1)C(=O)N/N=C\c1ccc(OCC(=O)O)cc1. The lowest BCUT2D eigenvalue weighted by molar-refractivity contribution is -0.139. The summed E-state index contributed by atoms with van der Waals surface area (Å²) in [4.78, 5) is 34.8. The van der Waals surface area contributed by atoms with E-state index in [-0.39, 0.29) is 13.0 Å². The highest BCUT2D eigenvalue weighted by Crippen LogP contribution is 2.11. The summed E-state index contributed by atoms with van der Waals surface area (Å²) in [5.41, 5.74) is 3.94. The van der Waals surface area contributed by atoms with E-state index in [1.165, 1.54) is 6.21 Å². The van der Waals surface area contributed by atoms with Crippen LogP contribution in [0.2, 0.25) is 0 Å². The van der Waals surface area contributed by atoms with Crippen LogP contribution in [0.15, 0.2) is 59.7 Å². The normalized spacial score (nSPS) is 11.5. The quantitative estimate of drug-likeness (QED) is 0.404. The molecule has 0 aliphatic carbocycles. The van der Waals surface area contributed by atoms with Gasteiger partial charge >= 0.3 is 12.1 Å². The molecule has 0 radical (unpaired) electrons. The Morgan fingerprint density at radius 1 is 1.10 bits per heavy atom. The lowest BCUT2D eigenvalue weighted by Crippen LogP contribution is -2.47. The summed E-state index contributed by atoms with van der Waals surface area (Å²) in [6.45, 7) is 1.43. The molecule has 0 aliphatic heterocycles. The third-order valence-corrected chi connectivity index (χ3v) is 3.80. The summed E-state index contributed by atoms with van der Waals surface area (Å²) in [7, 11) is 0. The van der Waals surface area contributed by atoms with Crippen LogP contribution in [0.5, 0.6) is 5.75 Å². The molecular formula is C21H23N3O6. The summed E-state index contributed by atoms with van der Waals surface area (Å²) < 4.78 is 9.91. The van der Waals surface area contributed by atoms with E-state index in [0.29, 0.717) is 11.3 Å². The van der Waals surface area contributed by atoms with E-state index in [0.717, 1.165) is 5.56 Å². The molecule has 0 bridgehead atoms. The van der Waals surface area contributed by atoms with Gasteiger partial charge in [0.1, 0.15) is 11.8 Å². The van der Waals surface area contributed by atoms with Gasteiger partial charge < -0.3 is 19.9 Å². The van der Waals surface area contributed by atoms with Crippen LogP contribution in [-0.2, 0) is 20.7 Å². The minimum absolute atomic E-state index is 0.190. The minimum Gasteiger partial charge on any atom is -0.482 e. The molecule has 0 aromatic heterocycles. The Hall–Kier alpha value is -3.88. The minimum atomic E-state index is -1.06. The third-order valence-electron chi connectivity index (χ3n) is 3.80. The number of hydrogen-bond acceptors (Lipinski definition) is 6. The number of nitrogens with zero attached hydrogens (tertiary/aromatic N) is 1. The topological polar surface area (TPSA) is 126 Å². The van der Waals surface area contributed by atoms with E-state index in [1.54, 1.807) is 31.2 Å². The molecular weight excluding hydrogens is 390 g/mol. The van der Waals surface area contributed by atoms with Gasteiger partial charge in [-0.3, -0.25) is 4.79 Å². The van der Waals surface area contributed by atoms with Crippen LogP contribution < -0.4 is 15.5 Å². The molecule has 0 saturated heterocycles. The predicted molar refractivity (Wildman–Crippen MR) is 109 cm³/mol. The Bertz CT molecular complexity index is 868. The van der Waals surface area contributed by atoms with Gasteiger partial charge in [0.25, 0.3) is 5.91 Å². The van der Waals surface area contributed by atoms with E-state index in [9.17, 15) is 14.4 Å². The number of aliphatic carboxylic acids is 1. The molecule has 0 heterocycles. The van der Waals surface area contributed by atoms with Gasteiger partial charge in [0.15, 0.2) is 6.61 Å². The zero-order valence-electron chi connectivity index (χ0n) is 16.4. The average Bonchev–Trinajstić information content (AvgIpc) is 2.73. The van der Waals surface area contributed by atoms with Crippen LogP contribution in [0.1, 0.15) is 18.1 Å². The highest BCUT2D eigenvalue weighted by atomic mass is 16.5. The van der Waals surface area contributed by atoms with E-state index >= 15 is 0 Å². The second-order valence-electron chi connectivity index (χ2n) is 6.09. The van der Waals surface area contributed by atoms with Crippen molar-refractivity contribution in [2.75, 3.05) is 13.2 Å². The van der Waals surface area contributed by atoms with Crippen LogP contribution >= 0.6 is 0 Å². The lowest BCUT2D eigenvalue weighted by atomic mass is 10.1. The first-order valence-electron chi connectivity index (χ1n) is 9.22. The number of hydrazone groups is 1. The third kappa shape index (κ3) is 8.01. The smallest absolute Gasteiger partial charge is 0.407 e. The van der Waals surface area contributed by atoms with Gasteiger partial charge in [-0.1, -0.05) is 30.3 Å². The number of nitrogens with one attached hydrogen (secondary N) is 2. The molecule has 1 atom stereocenters. The first kappa shape index (κ1) is 22.4. The van der Waals surface area contributed by atoms with Gasteiger partial charge in [0, 0.05) is 6.42 Å². The van der Waals surface area contributed by atoms with Crippen molar-refractivity contribution >= 4 is 24.2 Å². The molecule has 158 valence electrons. The van der Waals surface area contributed by atoms with E-state index in [4.69, 9.17) is 14.6 Å². The Balaban J connectivity index is 1.96. The largest absolute Gasteiger partial charge is 0.482 e. The number of alkyl carbamates (subject to hydrolysis) is 1. The Morgan fingerprint density at radius 2 is 1.80 bits per heavy atom. The maximum atomic E-state index is 12.5. The molecule has 0 aliphatic rings. The van der Waals surface area contributed by atoms with Gasteiger partial charge in [-0.2, -0.15) is 5.10 Å². The Kier molecular flexibility index (Phi) is 8.85. The Labute approximate surface area is 173 Å². The molecule has 2 amide bonds. The van der Waals surface area contributed by atoms with Crippen molar-refractivity contribution in [1.29, 1.82) is 0 Å². The number of carbonyl (C=O) groups excluding carboxylic acids is 2. The van der Waals surface area contributed by atoms with E-state index in [2.05, 4.69) is 15.8 Å². The molecule has 2 aromatic rings. The van der Waals surface area contributed by atoms with Gasteiger partial charge in [-0.25, -0.2) is 15.0 Å². The zero-order chi connectivity index (χ0) is 21.8. The second-order valence-corrected chi connectivity index (χ2v) is 6.09. The van der Waals surface area contributed by atoms with Crippen LogP contribution in [0.25, 0.3) is 0 Å². The zero-order valence-corrected chi connectivity index (χ0v) is 16.4. The Morgan fingerprint density at radius 3 is 2.43 bits per heavy atom. The maximum Gasteiger partial charge on any atom is 0.407 e. The van der Waals surface area contributed by atoms with E-state index in [1.807, 2.05) is 30.3 Å². The number of carbonyl (C=O) groups is 3. The first-order chi connectivity index (χ1) is 14.5. The number of ether oxygens (including phenoxy) is 2. The van der Waals surface area contributed by atoms with Gasteiger partial charge in [-0.05, 0) is 42.3 Å². The van der Waals surface area contributed by atoms with Crippen molar-refractivity contribution in [3.8, 4) is 5.75 Å². The standard InChI is InChI=1S/C21H23N3O6/c1-2-29-21(28)23-18(12-15-6-4-3-5-7-15)20(27)24-22-13-16-8-10-17(11-9-16)30-14-19(25)26/h3-11,13,18H,2,12,14H2,1H3,(H,23,28)(H,24,27)(H,25,26)/b22-13-/t18-/m0/s1. The number of carboxylic acids is 1. The van der Waals surface area contributed by atoms with Crippen molar-refractivity contribution in [1.82, 2.24) is 10.7 Å². The molecule has 0 saturated carbocycles. The van der Waals surface area contributed by atoms with Crippen molar-refractivity contribution in [3.05, 3.63) is 65.7 Å². The van der Waals surface area contributed by atoms with Gasteiger partial charge in [0.2, 0.25) is 0 Å². The van der Waals surface area contributed by atoms with Gasteiger partial charge in [-0.15, -0.1) is 0 Å². The van der Waals surface area contributed by atoms with Crippen molar-refractivity contribution in [3.63, 3.8) is 0 Å². The maximum absolute atomic E-state index is 12.5. The lowest BCUT2D eigenvalue weighted by Gasteiger charge is -2.16. The van der Waals surface area contributed by atoms with Crippen LogP contribution in [-0.4, -0.2) is 48.5 Å². The number of hydrogen-bond donors (Lipinski definition) is 3. The summed E-state index contributed by atoms with van der Waals surface area (Å²) in [5.74, 6) is -1.16. The number of benzene rings is 2. The monoisotopic (exact) mass is 413 g/mol. The molecule has 9 heteroatoms. The molecule has 0 fully saturated rings. The van der Waals surface area contributed by atoms with Crippen LogP contribution in [0, 0.1) is 0 Å². The fraction of sp³-hybridized carbons (Fsp3) is 0.238. The summed E-state index contributed by atoms with van der Waals surface area (Å²) >= 11 is 0. The number of rotatable bonds is 10. The molecule has 9 nitrogen and oxygen atoms in total. The molecule has 2 aromatic carbocycles. The fourth-order valence-electron chi connectivity index (χ4n) is 2.42. The molecule has 30 heavy (non-hydrogen) atoms. The second kappa shape index (κ2) is 11.8. The van der Waals surface area contributed by atoms with Crippen LogP contribution in [0.4, 0.5) is 4.79 Å². The predicted octanol–water partition coefficient (Wildman–Crippen LogP) is 1.96. The molecule has 2 rings (SSSR count). The fourth-order valence-corrected chi connectivity index (χ4v) is 2.42. The summed E-state index contributed by atoms with van der Waals surface area (Å²) in [6.07, 6.45) is 1.01. The first-order valence-corrected chi connectivity index (χ1v) is 9.22. The van der Waals surface area contributed by atoms with Crippen molar-refractivity contribution in [2.24, 2.45) is 5.10 Å². The van der Waals surface area contributed by atoms with Crippen molar-refractivity contribution < 1.29 is 29.0 Å². The molecule has 3 N–H and O–H groups in total. The highest BCUT2D eigenvalue weighted by Gasteiger charge is 2.21. The van der Waals surface area contributed by atoms with E-state index < -0.39 is 30.6 Å². The average molecular weight is 413 g/mol. The molecule has 0 unspecified atom stereocenters. The number of carboxylic acid groups (broad SMARTS) is 1. The van der Waals surface area contributed by atoms with Gasteiger partial charge in [0.05, 0.1) is 12.8 Å². The summed E-state index contributed by atoms with van der Waals surface area (Å²) in [6, 6.07) is 14.9. The summed E-state index contributed by atoms with van der Waals surface area (Å²) in [5, 5.41) is 15.0. The van der Waals surface area contributed by atoms with Crippen molar-refractivity contribution in [2.45, 2.75) is 19.4 Å². The number of amides is 2. The molecule has 0 spiro atoms.